The number of benzene rings is 1. The van der Waals surface area contributed by atoms with Gasteiger partial charge in [-0.3, -0.25) is 9.59 Å². The third kappa shape index (κ3) is 4.23. The summed E-state index contributed by atoms with van der Waals surface area (Å²) in [6.45, 7) is 2.19. The molecule has 108 valence electrons. The van der Waals surface area contributed by atoms with Crippen LogP contribution in [0.4, 0.5) is 0 Å². The minimum atomic E-state index is -0.869. The second kappa shape index (κ2) is 7.49. The van der Waals surface area contributed by atoms with E-state index < -0.39 is 11.8 Å². The number of nitrogens with one attached hydrogen (secondary N) is 2. The Labute approximate surface area is 124 Å². The molecule has 1 rings (SSSR count). The van der Waals surface area contributed by atoms with Crippen LogP contribution in [0.1, 0.15) is 12.5 Å². The van der Waals surface area contributed by atoms with E-state index in [0.717, 1.165) is 0 Å². The van der Waals surface area contributed by atoms with Crippen molar-refractivity contribution in [2.45, 2.75) is 6.92 Å². The highest BCUT2D eigenvalue weighted by Crippen LogP contribution is 2.34. The van der Waals surface area contributed by atoms with Crippen molar-refractivity contribution in [1.82, 2.24) is 10.7 Å². The lowest BCUT2D eigenvalue weighted by Crippen LogP contribution is -2.35. The van der Waals surface area contributed by atoms with Crippen LogP contribution in [0.15, 0.2) is 21.7 Å². The number of ether oxygens (including phenoxy) is 1. The van der Waals surface area contributed by atoms with Gasteiger partial charge in [-0.15, -0.1) is 0 Å². The summed E-state index contributed by atoms with van der Waals surface area (Å²) in [5.74, 6) is -1.38. The van der Waals surface area contributed by atoms with E-state index in [1.807, 2.05) is 0 Å². The van der Waals surface area contributed by atoms with Crippen LogP contribution in [-0.2, 0) is 9.59 Å². The number of phenols is 1. The molecule has 1 aromatic carbocycles. The number of phenolic OH excluding ortho intramolecular Hbond substituents is 1. The van der Waals surface area contributed by atoms with Crippen molar-refractivity contribution >= 4 is 34.0 Å². The summed E-state index contributed by atoms with van der Waals surface area (Å²) < 4.78 is 5.68. The number of carbonyl (C=O) groups is 2. The molecule has 0 heterocycles. The number of carbonyl (C=O) groups excluding carboxylic acids is 2. The maximum atomic E-state index is 11.1. The fourth-order valence-electron chi connectivity index (χ4n) is 1.26. The Balaban J connectivity index is 2.82. The van der Waals surface area contributed by atoms with Crippen LogP contribution in [0.5, 0.6) is 11.5 Å². The number of aromatic hydroxyl groups is 1. The molecule has 8 heteroatoms. The Morgan fingerprint density at radius 3 is 2.75 bits per heavy atom. The van der Waals surface area contributed by atoms with E-state index in [-0.39, 0.29) is 5.75 Å². The van der Waals surface area contributed by atoms with Crippen molar-refractivity contribution in [1.29, 1.82) is 0 Å². The Bertz CT molecular complexity index is 546. The normalized spacial score (nSPS) is 10.3. The summed E-state index contributed by atoms with van der Waals surface area (Å²) in [6, 6.07) is 3.15. The average molecular weight is 344 g/mol. The lowest BCUT2D eigenvalue weighted by atomic mass is 10.2. The molecule has 0 spiro atoms. The highest BCUT2D eigenvalue weighted by atomic mass is 79.9. The first-order valence-corrected chi connectivity index (χ1v) is 6.49. The van der Waals surface area contributed by atoms with Crippen molar-refractivity contribution in [3.05, 3.63) is 22.2 Å². The fourth-order valence-corrected chi connectivity index (χ4v) is 1.72. The first-order chi connectivity index (χ1) is 9.49. The van der Waals surface area contributed by atoms with Gasteiger partial charge < -0.3 is 15.2 Å². The molecule has 0 aromatic heterocycles. The van der Waals surface area contributed by atoms with E-state index >= 15 is 0 Å². The zero-order chi connectivity index (χ0) is 15.1. The monoisotopic (exact) mass is 343 g/mol. The van der Waals surface area contributed by atoms with Crippen molar-refractivity contribution in [3.8, 4) is 11.5 Å². The van der Waals surface area contributed by atoms with Crippen LogP contribution in [0, 0.1) is 0 Å². The molecule has 0 fully saturated rings. The molecule has 0 aliphatic heterocycles. The lowest BCUT2D eigenvalue weighted by Gasteiger charge is -2.08. The summed E-state index contributed by atoms with van der Waals surface area (Å²) in [5, 5.41) is 15.5. The molecule has 1 aromatic rings. The van der Waals surface area contributed by atoms with Gasteiger partial charge in [0.25, 0.3) is 0 Å². The maximum Gasteiger partial charge on any atom is 0.329 e. The first kappa shape index (κ1) is 16.0. The number of amides is 2. The molecule has 0 radical (unpaired) electrons. The largest absolute Gasteiger partial charge is 0.503 e. The minimum Gasteiger partial charge on any atom is -0.503 e. The van der Waals surface area contributed by atoms with E-state index in [2.05, 4.69) is 31.8 Å². The predicted octanol–water partition coefficient (Wildman–Crippen LogP) is 0.750. The van der Waals surface area contributed by atoms with Gasteiger partial charge >= 0.3 is 11.8 Å². The third-order valence-electron chi connectivity index (χ3n) is 2.16. The molecule has 0 atom stereocenters. The van der Waals surface area contributed by atoms with E-state index in [0.29, 0.717) is 22.4 Å². The molecule has 2 amide bonds. The average Bonchev–Trinajstić information content (AvgIpc) is 2.43. The molecule has 0 saturated heterocycles. The van der Waals surface area contributed by atoms with Crippen molar-refractivity contribution in [3.63, 3.8) is 0 Å². The molecule has 0 aliphatic rings. The Morgan fingerprint density at radius 1 is 1.45 bits per heavy atom. The second-order valence-corrected chi connectivity index (χ2v) is 4.42. The van der Waals surface area contributed by atoms with Crippen molar-refractivity contribution in [2.24, 2.45) is 5.10 Å². The number of hydrogen-bond acceptors (Lipinski definition) is 5. The van der Waals surface area contributed by atoms with Crippen LogP contribution >= 0.6 is 15.9 Å². The predicted molar refractivity (Wildman–Crippen MR) is 76.8 cm³/mol. The second-order valence-electron chi connectivity index (χ2n) is 3.56. The van der Waals surface area contributed by atoms with Gasteiger partial charge in [0.05, 0.1) is 17.3 Å². The Hall–Kier alpha value is -2.09. The van der Waals surface area contributed by atoms with Gasteiger partial charge in [0.2, 0.25) is 0 Å². The van der Waals surface area contributed by atoms with Crippen molar-refractivity contribution in [2.75, 3.05) is 13.7 Å². The summed E-state index contributed by atoms with van der Waals surface area (Å²) in [6.07, 6.45) is 1.33. The number of hydrogen-bond donors (Lipinski definition) is 3. The molecular weight excluding hydrogens is 330 g/mol. The fraction of sp³-hybridized carbons (Fsp3) is 0.250. The quantitative estimate of drug-likeness (QED) is 0.426. The van der Waals surface area contributed by atoms with E-state index in [4.69, 9.17) is 4.74 Å². The van der Waals surface area contributed by atoms with E-state index in [1.54, 1.807) is 19.1 Å². The Kier molecular flexibility index (Phi) is 5.98. The molecule has 0 unspecified atom stereocenters. The SMILES string of the molecule is CCOc1cc(/C=N\NC(=O)C(=O)NC)cc(Br)c1O. The number of rotatable bonds is 4. The van der Waals surface area contributed by atoms with Crippen LogP contribution < -0.4 is 15.5 Å². The molecule has 20 heavy (non-hydrogen) atoms. The molecular formula is C12H14BrN3O4. The van der Waals surface area contributed by atoms with Gasteiger partial charge in [0.1, 0.15) is 0 Å². The van der Waals surface area contributed by atoms with Gasteiger partial charge in [0.15, 0.2) is 11.5 Å². The topological polar surface area (TPSA) is 100 Å². The third-order valence-corrected chi connectivity index (χ3v) is 2.77. The summed E-state index contributed by atoms with van der Waals surface area (Å²) >= 11 is 3.18. The summed E-state index contributed by atoms with van der Waals surface area (Å²) in [5.41, 5.74) is 2.65. The Morgan fingerprint density at radius 2 is 2.15 bits per heavy atom. The summed E-state index contributed by atoms with van der Waals surface area (Å²) in [7, 11) is 1.34. The van der Waals surface area contributed by atoms with Crippen LogP contribution in [0.25, 0.3) is 0 Å². The molecule has 0 bridgehead atoms. The van der Waals surface area contributed by atoms with Gasteiger partial charge in [-0.25, -0.2) is 5.43 Å². The van der Waals surface area contributed by atoms with Gasteiger partial charge in [-0.1, -0.05) is 0 Å². The van der Waals surface area contributed by atoms with Crippen LogP contribution in [0.2, 0.25) is 0 Å². The van der Waals surface area contributed by atoms with Crippen molar-refractivity contribution < 1.29 is 19.4 Å². The van der Waals surface area contributed by atoms with Gasteiger partial charge in [0, 0.05) is 7.05 Å². The molecule has 0 saturated carbocycles. The molecule has 0 aliphatic carbocycles. The van der Waals surface area contributed by atoms with E-state index in [9.17, 15) is 14.7 Å². The highest BCUT2D eigenvalue weighted by molar-refractivity contribution is 9.10. The smallest absolute Gasteiger partial charge is 0.329 e. The summed E-state index contributed by atoms with van der Waals surface area (Å²) in [4.78, 5) is 22.1. The molecule has 3 N–H and O–H groups in total. The maximum absolute atomic E-state index is 11.1. The molecule has 7 nitrogen and oxygen atoms in total. The minimum absolute atomic E-state index is 0.0154. The van der Waals surface area contributed by atoms with Gasteiger partial charge in [-0.2, -0.15) is 5.10 Å². The number of halogens is 1. The van der Waals surface area contributed by atoms with Gasteiger partial charge in [-0.05, 0) is 40.5 Å². The van der Waals surface area contributed by atoms with Crippen LogP contribution in [0.3, 0.4) is 0 Å². The highest BCUT2D eigenvalue weighted by Gasteiger charge is 2.10. The van der Waals surface area contributed by atoms with E-state index in [1.165, 1.54) is 13.3 Å². The number of hydrazone groups is 1. The standard InChI is InChI=1S/C12H14BrN3O4/c1-3-20-9-5-7(4-8(13)10(9)17)6-15-16-12(19)11(18)14-2/h4-6,17H,3H2,1-2H3,(H,14,18)(H,16,19)/b15-6-. The lowest BCUT2D eigenvalue weighted by molar-refractivity contribution is -0.138. The zero-order valence-electron chi connectivity index (χ0n) is 10.9. The first-order valence-electron chi connectivity index (χ1n) is 5.70. The number of likely N-dealkylation sites (N-methyl/N-ethyl adjacent to an activating group) is 1. The number of nitrogens with zero attached hydrogens (tertiary/aromatic N) is 1. The zero-order valence-corrected chi connectivity index (χ0v) is 12.5. The van der Waals surface area contributed by atoms with Crippen LogP contribution in [-0.4, -0.2) is 36.8 Å².